The highest BCUT2D eigenvalue weighted by Gasteiger charge is 2.44. The minimum Gasteiger partial charge on any atom is -0.458 e. The Morgan fingerprint density at radius 2 is 1.08 bits per heavy atom. The molecular formula is C40H56N2O10. The number of aldehydes is 1. The lowest BCUT2D eigenvalue weighted by atomic mass is 10.1. The Kier molecular flexibility index (Phi) is 16.1. The van der Waals surface area contributed by atoms with Crippen LogP contribution in [0.15, 0.2) is 60.7 Å². The summed E-state index contributed by atoms with van der Waals surface area (Å²) >= 11 is 0. The summed E-state index contributed by atoms with van der Waals surface area (Å²) in [6.07, 6.45) is 4.26. The van der Waals surface area contributed by atoms with Gasteiger partial charge in [0.05, 0.1) is 0 Å². The van der Waals surface area contributed by atoms with E-state index in [4.69, 9.17) is 24.1 Å². The molecule has 0 aromatic heterocycles. The first-order chi connectivity index (χ1) is 24.6. The fourth-order valence-electron chi connectivity index (χ4n) is 6.26. The van der Waals surface area contributed by atoms with Crippen molar-refractivity contribution in [1.82, 2.24) is 9.80 Å². The van der Waals surface area contributed by atoms with Crippen LogP contribution in [0.3, 0.4) is 0 Å². The third-order valence-corrected chi connectivity index (χ3v) is 8.51. The molecular weight excluding hydrogens is 668 g/mol. The predicted molar refractivity (Wildman–Crippen MR) is 194 cm³/mol. The number of carbonyl (C=O) groups is 5. The van der Waals surface area contributed by atoms with Crippen molar-refractivity contribution >= 4 is 30.4 Å². The maximum Gasteiger partial charge on any atom is 0.411 e. The average Bonchev–Trinajstić information content (AvgIpc) is 3.72. The summed E-state index contributed by atoms with van der Waals surface area (Å²) in [4.78, 5) is 64.2. The van der Waals surface area contributed by atoms with Crippen LogP contribution >= 0.6 is 0 Å². The van der Waals surface area contributed by atoms with Crippen molar-refractivity contribution in [1.29, 1.82) is 0 Å². The van der Waals surface area contributed by atoms with Gasteiger partial charge in [0, 0.05) is 25.1 Å². The third-order valence-electron chi connectivity index (χ3n) is 8.51. The molecule has 2 aromatic rings. The van der Waals surface area contributed by atoms with Gasteiger partial charge in [0.15, 0.2) is 0 Å². The van der Waals surface area contributed by atoms with E-state index in [2.05, 4.69) is 0 Å². The molecule has 2 aromatic carbocycles. The number of hydrogen-bond donors (Lipinski definition) is 1. The Morgan fingerprint density at radius 1 is 0.673 bits per heavy atom. The fourth-order valence-corrected chi connectivity index (χ4v) is 6.26. The van der Waals surface area contributed by atoms with E-state index in [-0.39, 0.29) is 31.9 Å². The molecule has 286 valence electrons. The van der Waals surface area contributed by atoms with E-state index in [1.807, 2.05) is 60.7 Å². The van der Waals surface area contributed by atoms with Gasteiger partial charge in [-0.15, -0.1) is 0 Å². The number of amides is 2. The quantitative estimate of drug-likeness (QED) is 0.142. The molecule has 4 atom stereocenters. The highest BCUT2D eigenvalue weighted by atomic mass is 16.6. The molecule has 12 nitrogen and oxygen atoms in total. The normalized spacial score (nSPS) is 20.0. The average molecular weight is 725 g/mol. The van der Waals surface area contributed by atoms with E-state index in [9.17, 15) is 24.0 Å². The first-order valence-corrected chi connectivity index (χ1v) is 18.1. The summed E-state index contributed by atoms with van der Waals surface area (Å²) in [5.41, 5.74) is 0.524. The van der Waals surface area contributed by atoms with Crippen LogP contribution in [0.5, 0.6) is 0 Å². The van der Waals surface area contributed by atoms with Gasteiger partial charge >= 0.3 is 24.1 Å². The molecule has 2 saturated heterocycles. The van der Waals surface area contributed by atoms with Crippen LogP contribution in [0.1, 0.15) is 104 Å². The van der Waals surface area contributed by atoms with E-state index < -0.39 is 47.4 Å². The second-order valence-electron chi connectivity index (χ2n) is 15.1. The van der Waals surface area contributed by atoms with Crippen molar-refractivity contribution in [2.45, 2.75) is 141 Å². The van der Waals surface area contributed by atoms with Crippen LogP contribution in [-0.2, 0) is 46.5 Å². The lowest BCUT2D eigenvalue weighted by molar-refractivity contribution is -0.161. The molecule has 2 aliphatic heterocycles. The van der Waals surface area contributed by atoms with E-state index in [1.165, 1.54) is 9.80 Å². The zero-order valence-corrected chi connectivity index (χ0v) is 31.5. The Morgan fingerprint density at radius 3 is 1.44 bits per heavy atom. The number of rotatable bonds is 12. The minimum absolute atomic E-state index is 0.0561. The molecule has 52 heavy (non-hydrogen) atoms. The van der Waals surface area contributed by atoms with Gasteiger partial charge in [0.25, 0.3) is 0 Å². The number of aliphatic hydroxyl groups excluding tert-OH is 1. The van der Waals surface area contributed by atoms with Crippen molar-refractivity contribution in [3.8, 4) is 0 Å². The summed E-state index contributed by atoms with van der Waals surface area (Å²) in [6, 6.07) is 17.2. The Hall–Kier alpha value is -4.45. The van der Waals surface area contributed by atoms with Gasteiger partial charge in [-0.25, -0.2) is 19.2 Å². The van der Waals surface area contributed by atoms with Gasteiger partial charge in [-0.1, -0.05) is 60.7 Å². The van der Waals surface area contributed by atoms with Crippen molar-refractivity contribution in [3.63, 3.8) is 0 Å². The number of benzene rings is 2. The zero-order valence-electron chi connectivity index (χ0n) is 31.5. The van der Waals surface area contributed by atoms with Crippen LogP contribution in [-0.4, -0.2) is 87.3 Å². The molecule has 4 rings (SSSR count). The monoisotopic (exact) mass is 724 g/mol. The predicted octanol–water partition coefficient (Wildman–Crippen LogP) is 6.75. The molecule has 1 N–H and O–H groups in total. The largest absolute Gasteiger partial charge is 0.458 e. The summed E-state index contributed by atoms with van der Waals surface area (Å²) in [6.45, 7) is 11.1. The van der Waals surface area contributed by atoms with Gasteiger partial charge in [-0.05, 0) is 97.6 Å². The SMILES string of the molecule is CC(C)(C)OC(=O)[C@@H]1CC[C@H](CCC=O)N1C(=O)OCc1ccccc1.CC(C)(C)OC(=O)[C@@H]1CC[C@H](CCCO)N1C(=O)OCc1ccccc1. The van der Waals surface area contributed by atoms with E-state index >= 15 is 0 Å². The Labute approximate surface area is 307 Å². The van der Waals surface area contributed by atoms with Gasteiger partial charge in [0.1, 0.15) is 42.8 Å². The smallest absolute Gasteiger partial charge is 0.411 e. The number of esters is 2. The molecule has 2 fully saturated rings. The number of likely N-dealkylation sites (tertiary alicyclic amines) is 2. The summed E-state index contributed by atoms with van der Waals surface area (Å²) in [5.74, 6) is -0.830. The molecule has 0 unspecified atom stereocenters. The van der Waals surface area contributed by atoms with Crippen LogP contribution in [0.2, 0.25) is 0 Å². The van der Waals surface area contributed by atoms with Crippen LogP contribution in [0.25, 0.3) is 0 Å². The highest BCUT2D eigenvalue weighted by molar-refractivity contribution is 5.83. The molecule has 0 aliphatic carbocycles. The summed E-state index contributed by atoms with van der Waals surface area (Å²) in [7, 11) is 0. The van der Waals surface area contributed by atoms with E-state index in [0.29, 0.717) is 51.4 Å². The zero-order chi connectivity index (χ0) is 38.3. The standard InChI is InChI=1S/C20H29NO5.C20H27NO5/c2*1-20(2,3)26-18(23)17-12-11-16(10-7-13-22)21(17)19(24)25-14-15-8-5-4-6-9-15/h4-6,8-9,16-17,22H,7,10-14H2,1-3H3;4-6,8-9,13,16-17H,7,10-12,14H2,1-3H3/t2*16-,17-/m00/s1. The first-order valence-electron chi connectivity index (χ1n) is 18.1. The van der Waals surface area contributed by atoms with Crippen LogP contribution < -0.4 is 0 Å². The second-order valence-corrected chi connectivity index (χ2v) is 15.1. The molecule has 0 radical (unpaired) electrons. The lowest BCUT2D eigenvalue weighted by Crippen LogP contribution is -2.47. The van der Waals surface area contributed by atoms with Crippen LogP contribution in [0, 0.1) is 0 Å². The number of ether oxygens (including phenoxy) is 4. The van der Waals surface area contributed by atoms with Crippen molar-refractivity contribution in [2.75, 3.05) is 6.61 Å². The Bertz CT molecular complexity index is 1440. The van der Waals surface area contributed by atoms with E-state index in [0.717, 1.165) is 17.4 Å². The molecule has 0 spiro atoms. The van der Waals surface area contributed by atoms with Crippen molar-refractivity contribution in [3.05, 3.63) is 71.8 Å². The lowest BCUT2D eigenvalue weighted by Gasteiger charge is -2.30. The number of nitrogens with zero attached hydrogens (tertiary/aromatic N) is 2. The molecule has 0 bridgehead atoms. The second kappa shape index (κ2) is 20.0. The highest BCUT2D eigenvalue weighted by Crippen LogP contribution is 2.31. The van der Waals surface area contributed by atoms with Gasteiger partial charge in [0.2, 0.25) is 0 Å². The van der Waals surface area contributed by atoms with Crippen molar-refractivity contribution in [2.24, 2.45) is 0 Å². The Balaban J connectivity index is 0.000000280. The first kappa shape index (κ1) is 42.0. The topological polar surface area (TPSA) is 149 Å². The summed E-state index contributed by atoms with van der Waals surface area (Å²) < 4.78 is 21.8. The molecule has 0 saturated carbocycles. The third kappa shape index (κ3) is 13.6. The van der Waals surface area contributed by atoms with Crippen LogP contribution in [0.4, 0.5) is 9.59 Å². The van der Waals surface area contributed by atoms with E-state index in [1.54, 1.807) is 41.5 Å². The molecule has 2 amide bonds. The van der Waals surface area contributed by atoms with Gasteiger partial charge in [-0.2, -0.15) is 0 Å². The fraction of sp³-hybridized carbons (Fsp3) is 0.575. The molecule has 2 heterocycles. The van der Waals surface area contributed by atoms with Crippen molar-refractivity contribution < 1.29 is 48.0 Å². The number of aliphatic hydroxyl groups is 1. The number of hydrogen-bond acceptors (Lipinski definition) is 10. The maximum atomic E-state index is 12.7. The molecule has 2 aliphatic rings. The maximum absolute atomic E-state index is 12.7. The molecule has 12 heteroatoms. The van der Waals surface area contributed by atoms with Gasteiger partial charge < -0.3 is 28.8 Å². The summed E-state index contributed by atoms with van der Waals surface area (Å²) in [5, 5.41) is 9.11. The number of carbonyl (C=O) groups excluding carboxylic acids is 5. The minimum atomic E-state index is -0.672. The van der Waals surface area contributed by atoms with Gasteiger partial charge in [-0.3, -0.25) is 9.80 Å².